The highest BCUT2D eigenvalue weighted by Crippen LogP contribution is 2.36. The number of nitrogens with one attached hydrogen (secondary N) is 1. The number of carbonyl (C=O) groups excluding carboxylic acids is 2. The van der Waals surface area contributed by atoms with E-state index in [1.165, 1.54) is 23.5 Å². The van der Waals surface area contributed by atoms with Crippen molar-refractivity contribution < 1.29 is 24.0 Å². The summed E-state index contributed by atoms with van der Waals surface area (Å²) >= 11 is 2.53. The number of aromatic nitrogens is 1. The Balaban J connectivity index is 1.51. The summed E-state index contributed by atoms with van der Waals surface area (Å²) in [5.41, 5.74) is 1.61. The van der Waals surface area contributed by atoms with Gasteiger partial charge >= 0.3 is 5.97 Å². The SMILES string of the molecule is COc1ccc(CCNC(=O)COC(=O)c2ccc(Sc3nc(C)cs3)c([N+](=O)[O-])c2)cc1. The van der Waals surface area contributed by atoms with E-state index in [1.807, 2.05) is 36.6 Å². The van der Waals surface area contributed by atoms with Crippen LogP contribution < -0.4 is 10.1 Å². The first-order chi connectivity index (χ1) is 15.9. The zero-order valence-corrected chi connectivity index (χ0v) is 19.5. The summed E-state index contributed by atoms with van der Waals surface area (Å²) in [5, 5.41) is 16.0. The first kappa shape index (κ1) is 24.2. The van der Waals surface area contributed by atoms with Gasteiger partial charge in [0.1, 0.15) is 5.75 Å². The summed E-state index contributed by atoms with van der Waals surface area (Å²) in [6.45, 7) is 1.73. The lowest BCUT2D eigenvalue weighted by molar-refractivity contribution is -0.387. The standard InChI is InChI=1S/C22H21N3O6S2/c1-14-13-32-22(24-14)33-19-8-5-16(11-18(19)25(28)29)21(27)31-12-20(26)23-10-9-15-3-6-17(30-2)7-4-15/h3-8,11,13H,9-10,12H2,1-2H3,(H,23,26). The Hall–Kier alpha value is -3.44. The van der Waals surface area contributed by atoms with Gasteiger partial charge in [0, 0.05) is 23.7 Å². The van der Waals surface area contributed by atoms with Crippen molar-refractivity contribution in [2.24, 2.45) is 0 Å². The number of amides is 1. The number of benzene rings is 2. The van der Waals surface area contributed by atoms with Crippen molar-refractivity contribution in [1.29, 1.82) is 0 Å². The van der Waals surface area contributed by atoms with Crippen molar-refractivity contribution >= 4 is 40.7 Å². The van der Waals surface area contributed by atoms with Crippen LogP contribution in [0, 0.1) is 17.0 Å². The number of thiazole rings is 1. The first-order valence-corrected chi connectivity index (χ1v) is 11.5. The molecule has 0 fully saturated rings. The first-order valence-electron chi connectivity index (χ1n) is 9.81. The highest BCUT2D eigenvalue weighted by molar-refractivity contribution is 8.01. The van der Waals surface area contributed by atoms with Crippen LogP contribution in [0.3, 0.4) is 0 Å². The molecule has 0 unspecified atom stereocenters. The van der Waals surface area contributed by atoms with Crippen molar-refractivity contribution in [3.05, 3.63) is 74.8 Å². The topological polar surface area (TPSA) is 121 Å². The Morgan fingerprint density at radius 1 is 1.21 bits per heavy atom. The molecular formula is C22H21N3O6S2. The van der Waals surface area contributed by atoms with Crippen molar-refractivity contribution in [2.45, 2.75) is 22.6 Å². The van der Waals surface area contributed by atoms with E-state index in [2.05, 4.69) is 10.3 Å². The molecule has 0 saturated carbocycles. The average Bonchev–Trinajstić information content (AvgIpc) is 3.22. The van der Waals surface area contributed by atoms with Crippen LogP contribution in [0.1, 0.15) is 21.6 Å². The van der Waals surface area contributed by atoms with Crippen LogP contribution >= 0.6 is 23.1 Å². The van der Waals surface area contributed by atoms with Crippen LogP contribution in [-0.4, -0.2) is 42.0 Å². The number of ether oxygens (including phenoxy) is 2. The van der Waals surface area contributed by atoms with Gasteiger partial charge in [-0.3, -0.25) is 14.9 Å². The Morgan fingerprint density at radius 2 is 1.97 bits per heavy atom. The van der Waals surface area contributed by atoms with Crippen LogP contribution in [0.5, 0.6) is 5.75 Å². The highest BCUT2D eigenvalue weighted by atomic mass is 32.2. The molecule has 0 aliphatic carbocycles. The Kier molecular flexibility index (Phi) is 8.39. The molecule has 1 heterocycles. The van der Waals surface area contributed by atoms with E-state index in [4.69, 9.17) is 9.47 Å². The highest BCUT2D eigenvalue weighted by Gasteiger charge is 2.20. The third kappa shape index (κ3) is 7.02. The predicted octanol–water partition coefficient (Wildman–Crippen LogP) is 4.04. The second-order valence-corrected chi connectivity index (χ2v) is 8.97. The number of aryl methyl sites for hydroxylation is 1. The van der Waals surface area contributed by atoms with E-state index in [-0.39, 0.29) is 11.3 Å². The molecule has 0 atom stereocenters. The van der Waals surface area contributed by atoms with Gasteiger partial charge in [-0.2, -0.15) is 0 Å². The fourth-order valence-electron chi connectivity index (χ4n) is 2.75. The van der Waals surface area contributed by atoms with Crippen molar-refractivity contribution in [3.63, 3.8) is 0 Å². The molecule has 172 valence electrons. The lowest BCUT2D eigenvalue weighted by Gasteiger charge is -2.08. The Morgan fingerprint density at radius 3 is 2.61 bits per heavy atom. The Labute approximate surface area is 198 Å². The Bertz CT molecular complexity index is 1150. The monoisotopic (exact) mass is 487 g/mol. The van der Waals surface area contributed by atoms with E-state index < -0.39 is 23.4 Å². The van der Waals surface area contributed by atoms with Gasteiger partial charge in [0.25, 0.3) is 11.6 Å². The number of hydrogen-bond donors (Lipinski definition) is 1. The van der Waals surface area contributed by atoms with Gasteiger partial charge in [0.2, 0.25) is 0 Å². The van der Waals surface area contributed by atoms with Gasteiger partial charge in [-0.15, -0.1) is 11.3 Å². The van der Waals surface area contributed by atoms with Crippen molar-refractivity contribution in [3.8, 4) is 5.75 Å². The molecule has 33 heavy (non-hydrogen) atoms. The second kappa shape index (κ2) is 11.4. The minimum Gasteiger partial charge on any atom is -0.497 e. The van der Waals surface area contributed by atoms with Gasteiger partial charge in [0.05, 0.1) is 22.5 Å². The molecule has 3 aromatic rings. The van der Waals surface area contributed by atoms with Crippen LogP contribution in [0.25, 0.3) is 0 Å². The maximum Gasteiger partial charge on any atom is 0.338 e. The van der Waals surface area contributed by atoms with E-state index in [1.54, 1.807) is 7.11 Å². The normalized spacial score (nSPS) is 10.5. The fraction of sp³-hybridized carbons (Fsp3) is 0.227. The smallest absolute Gasteiger partial charge is 0.338 e. The third-order valence-corrected chi connectivity index (χ3v) is 6.54. The van der Waals surface area contributed by atoms with E-state index in [0.717, 1.165) is 34.8 Å². The summed E-state index contributed by atoms with van der Waals surface area (Å²) in [4.78, 5) is 39.8. The largest absolute Gasteiger partial charge is 0.497 e. The number of rotatable bonds is 10. The maximum absolute atomic E-state index is 12.3. The van der Waals surface area contributed by atoms with Crippen LogP contribution in [-0.2, 0) is 16.0 Å². The van der Waals surface area contributed by atoms with E-state index in [9.17, 15) is 19.7 Å². The molecule has 3 rings (SSSR count). The fourth-order valence-corrected chi connectivity index (χ4v) is 4.63. The van der Waals surface area contributed by atoms with Crippen LogP contribution in [0.4, 0.5) is 5.69 Å². The van der Waals surface area contributed by atoms with Crippen LogP contribution in [0.15, 0.2) is 57.1 Å². The molecule has 1 aromatic heterocycles. The molecule has 0 bridgehead atoms. The molecule has 0 aliphatic rings. The zero-order valence-electron chi connectivity index (χ0n) is 17.9. The number of nitro benzene ring substituents is 1. The summed E-state index contributed by atoms with van der Waals surface area (Å²) in [5.74, 6) is -0.525. The average molecular weight is 488 g/mol. The molecule has 0 spiro atoms. The summed E-state index contributed by atoms with van der Waals surface area (Å²) in [6, 6.07) is 11.5. The number of hydrogen-bond acceptors (Lipinski definition) is 9. The lowest BCUT2D eigenvalue weighted by Crippen LogP contribution is -2.30. The minimum absolute atomic E-state index is 0.00704. The zero-order chi connectivity index (χ0) is 23.8. The summed E-state index contributed by atoms with van der Waals surface area (Å²) < 4.78 is 10.8. The number of esters is 1. The quantitative estimate of drug-likeness (QED) is 0.258. The second-order valence-electron chi connectivity index (χ2n) is 6.82. The van der Waals surface area contributed by atoms with Crippen molar-refractivity contribution in [2.75, 3.05) is 20.3 Å². The van der Waals surface area contributed by atoms with Gasteiger partial charge in [0.15, 0.2) is 10.9 Å². The molecule has 0 saturated heterocycles. The molecule has 9 nitrogen and oxygen atoms in total. The van der Waals surface area contributed by atoms with Gasteiger partial charge in [-0.1, -0.05) is 23.9 Å². The molecule has 1 N–H and O–H groups in total. The van der Waals surface area contributed by atoms with Crippen LogP contribution in [0.2, 0.25) is 0 Å². The van der Waals surface area contributed by atoms with Gasteiger partial charge in [-0.25, -0.2) is 9.78 Å². The third-order valence-electron chi connectivity index (χ3n) is 4.42. The lowest BCUT2D eigenvalue weighted by atomic mass is 10.1. The molecule has 11 heteroatoms. The molecular weight excluding hydrogens is 466 g/mol. The van der Waals surface area contributed by atoms with E-state index >= 15 is 0 Å². The molecule has 0 aliphatic heterocycles. The number of nitrogens with zero attached hydrogens (tertiary/aromatic N) is 2. The van der Waals surface area contributed by atoms with E-state index in [0.29, 0.717) is 22.2 Å². The van der Waals surface area contributed by atoms with Gasteiger partial charge in [-0.05, 0) is 43.2 Å². The molecule has 2 aromatic carbocycles. The van der Waals surface area contributed by atoms with Gasteiger partial charge < -0.3 is 14.8 Å². The maximum atomic E-state index is 12.3. The number of methoxy groups -OCH3 is 1. The molecule has 0 radical (unpaired) electrons. The number of nitro groups is 1. The summed E-state index contributed by atoms with van der Waals surface area (Å²) in [7, 11) is 1.59. The minimum atomic E-state index is -0.815. The molecule has 1 amide bonds. The van der Waals surface area contributed by atoms with Crippen molar-refractivity contribution in [1.82, 2.24) is 10.3 Å². The summed E-state index contributed by atoms with van der Waals surface area (Å²) in [6.07, 6.45) is 0.605. The predicted molar refractivity (Wildman–Crippen MR) is 124 cm³/mol. The number of carbonyl (C=O) groups is 2.